The van der Waals surface area contributed by atoms with Crippen molar-refractivity contribution in [3.8, 4) is 0 Å². The summed E-state index contributed by atoms with van der Waals surface area (Å²) in [4.78, 5) is 0. The normalized spacial score (nSPS) is 11.3. The van der Waals surface area contributed by atoms with E-state index in [1.54, 1.807) is 0 Å². The van der Waals surface area contributed by atoms with Crippen LogP contribution in [-0.4, -0.2) is 46.6 Å². The van der Waals surface area contributed by atoms with Gasteiger partial charge in [0.15, 0.2) is 0 Å². The fourth-order valence-corrected chi connectivity index (χ4v) is 17.5. The molecule has 0 spiro atoms. The van der Waals surface area contributed by atoms with Crippen LogP contribution < -0.4 is 31.0 Å². The topological polar surface area (TPSA) is 119 Å². The first-order valence-corrected chi connectivity index (χ1v) is 55.4. The van der Waals surface area contributed by atoms with Crippen molar-refractivity contribution in [2.75, 3.05) is 39.3 Å². The Morgan fingerprint density at radius 2 is 0.157 bits per heavy atom. The molecule has 0 bridgehead atoms. The Kier molecular flexibility index (Phi) is 131. The average Bonchev–Trinajstić information content (AvgIpc) is 3.42. The van der Waals surface area contributed by atoms with Gasteiger partial charge >= 0.3 is 0 Å². The van der Waals surface area contributed by atoms with Crippen molar-refractivity contribution in [2.24, 2.45) is 0 Å². The van der Waals surface area contributed by atoms with Crippen molar-refractivity contribution in [1.82, 2.24) is 0 Å². The average molecular weight is 1630 g/mol. The molecule has 0 rings (SSSR count). The molecular weight excluding hydrogens is 1400 g/mol. The molecule has 0 saturated heterocycles. The van der Waals surface area contributed by atoms with Crippen LogP contribution in [0.4, 0.5) is 0 Å². The zero-order valence-electron chi connectivity index (χ0n) is 81.7. The van der Waals surface area contributed by atoms with Crippen LogP contribution in [0.3, 0.4) is 0 Å². The van der Waals surface area contributed by atoms with Crippen molar-refractivity contribution in [3.63, 3.8) is 0 Å². The van der Waals surface area contributed by atoms with Crippen molar-refractivity contribution >= 4 is 7.32 Å². The minimum Gasteiger partial charge on any atom is -0.907 e. The summed E-state index contributed by atoms with van der Waals surface area (Å²) in [7, 11) is -2.92. The summed E-state index contributed by atoms with van der Waals surface area (Å²) >= 11 is 0. The predicted molar refractivity (Wildman–Crippen MR) is 518 cm³/mol. The molecule has 115 heavy (non-hydrogen) atoms. The van der Waals surface area contributed by atoms with Gasteiger partial charge in [0.05, 0.1) is 39.3 Å². The molecule has 0 saturated carbocycles. The second-order valence-corrected chi connectivity index (χ2v) is 37.7. The summed E-state index contributed by atoms with van der Waals surface area (Å²) in [6, 6.07) is 0. The smallest absolute Gasteiger partial charge is 0.0755 e. The number of nitrogens with two attached hydrogens (primary N) is 3. The monoisotopic (exact) mass is 1630 g/mol. The van der Waals surface area contributed by atoms with Crippen molar-refractivity contribution in [2.45, 2.75) is 658 Å². The van der Waals surface area contributed by atoms with Gasteiger partial charge in [-0.05, 0) is 77.0 Å². The summed E-state index contributed by atoms with van der Waals surface area (Å²) in [5, 5.41) is 33.0. The van der Waals surface area contributed by atoms with E-state index in [2.05, 4.69) is 57.5 Å². The van der Waals surface area contributed by atoms with E-state index < -0.39 is 7.32 Å². The highest BCUT2D eigenvalue weighted by Crippen LogP contribution is 2.21. The fraction of sp³-hybridized carbons (Fsp3) is 1.00. The molecule has 0 radical (unpaired) electrons. The van der Waals surface area contributed by atoms with E-state index in [-0.39, 0.29) is 0 Å². The van der Waals surface area contributed by atoms with Crippen LogP contribution in [0.1, 0.15) is 658 Å². The molecule has 0 heterocycles. The second-order valence-electron chi connectivity index (χ2n) is 37.7. The lowest BCUT2D eigenvalue weighted by molar-refractivity contribution is -0.655. The van der Waals surface area contributed by atoms with Crippen molar-refractivity contribution in [3.05, 3.63) is 0 Å². The van der Waals surface area contributed by atoms with Crippen LogP contribution in [-0.2, 0) is 0 Å². The molecule has 696 valence electrons. The molecule has 0 unspecified atom stereocenters. The van der Waals surface area contributed by atoms with Gasteiger partial charge in [0.1, 0.15) is 0 Å². The van der Waals surface area contributed by atoms with Crippen molar-refractivity contribution < 1.29 is 31.0 Å². The molecule has 6 N–H and O–H groups in total. The quantitative estimate of drug-likeness (QED) is 0.0416. The lowest BCUT2D eigenvalue weighted by Crippen LogP contribution is -2.84. The van der Waals surface area contributed by atoms with Gasteiger partial charge in [-0.15, -0.1) is 0 Å². The molecule has 0 aliphatic rings. The first kappa shape index (κ1) is 121. The third kappa shape index (κ3) is 137. The number of quaternary nitrogens is 3. The minimum atomic E-state index is -2.92. The van der Waals surface area contributed by atoms with Gasteiger partial charge < -0.3 is 31.0 Å². The molecule has 0 aromatic carbocycles. The first-order valence-electron chi connectivity index (χ1n) is 55.4. The van der Waals surface area contributed by atoms with Gasteiger partial charge in [0.25, 0.3) is 0 Å². The van der Waals surface area contributed by atoms with Gasteiger partial charge in [-0.3, -0.25) is 7.32 Å². The highest BCUT2D eigenvalue weighted by atomic mass is 16.5. The Balaban J connectivity index is -0.000000783. The van der Waals surface area contributed by atoms with Crippen LogP contribution in [0.25, 0.3) is 0 Å². The summed E-state index contributed by atoms with van der Waals surface area (Å²) < 4.78 is 0. The maximum atomic E-state index is 8.42. The first-order chi connectivity index (χ1) is 57.0. The SMILES string of the molecule is CCCCCCCCCCCCCCCCCC[NH2+]CCCCCCCCCCCCCCCCCC.CCCCCCCCCCCCCCCCCC[NH2+]CCCCCCCCCCCCCCCCCC.CCCCCCCCCCCCCCCCCC[NH2+]CCCCCCCCCCCCCCCCCC.[O-]B([O-])[O-]. The van der Waals surface area contributed by atoms with E-state index >= 15 is 0 Å². The number of rotatable bonds is 102. The summed E-state index contributed by atoms with van der Waals surface area (Å²) in [6.45, 7) is 22.1. The zero-order valence-corrected chi connectivity index (χ0v) is 81.7. The minimum absolute atomic E-state index is 1.37. The van der Waals surface area contributed by atoms with Gasteiger partial charge in [-0.2, -0.15) is 0 Å². The van der Waals surface area contributed by atoms with Crippen LogP contribution in [0.5, 0.6) is 0 Å². The lowest BCUT2D eigenvalue weighted by Gasteiger charge is -2.35. The largest absolute Gasteiger partial charge is 0.907 e. The van der Waals surface area contributed by atoms with Crippen LogP contribution >= 0.6 is 0 Å². The van der Waals surface area contributed by atoms with E-state index in [4.69, 9.17) is 15.1 Å². The molecule has 7 heteroatoms. The lowest BCUT2D eigenvalue weighted by atomic mass is 10.0. The molecule has 6 nitrogen and oxygen atoms in total. The van der Waals surface area contributed by atoms with Crippen molar-refractivity contribution in [1.29, 1.82) is 0 Å². The summed E-state index contributed by atoms with van der Waals surface area (Å²) in [5.74, 6) is 0. The Morgan fingerprint density at radius 3 is 0.217 bits per heavy atom. The number of hydrogen-bond acceptors (Lipinski definition) is 3. The van der Waals surface area contributed by atoms with E-state index in [1.165, 1.54) is 656 Å². The third-order valence-electron chi connectivity index (χ3n) is 25.6. The molecular formula is C108H228BN3O3. The molecule has 0 atom stereocenters. The highest BCUT2D eigenvalue weighted by molar-refractivity contribution is 6.24. The van der Waals surface area contributed by atoms with Gasteiger partial charge in [-0.25, -0.2) is 0 Å². The molecule has 0 aliphatic carbocycles. The van der Waals surface area contributed by atoms with E-state index in [1.807, 2.05) is 0 Å². The zero-order chi connectivity index (χ0) is 83.8. The number of unbranched alkanes of at least 4 members (excludes halogenated alkanes) is 90. The van der Waals surface area contributed by atoms with Crippen LogP contribution in [0.15, 0.2) is 0 Å². The molecule has 0 aliphatic heterocycles. The second kappa shape index (κ2) is 125. The molecule has 0 amide bonds. The standard InChI is InChI=1S/3C36H75N.BO3/c3*1-3-5-7-9-11-13-15-17-19-21-23-25-27-29-31-33-35-37-36-34-32-30-28-26-24-22-20-18-16-14-12-10-8-6-4-2;2-1(3)4/h3*37H,3-36H2,1-2H3;/q;;;-3/p+3. The summed E-state index contributed by atoms with van der Waals surface area (Å²) in [6.07, 6.45) is 141. The maximum absolute atomic E-state index is 8.42. The van der Waals surface area contributed by atoms with Gasteiger partial charge in [0, 0.05) is 0 Å². The predicted octanol–water partition coefficient (Wildman–Crippen LogP) is 32.3. The van der Waals surface area contributed by atoms with Crippen LogP contribution in [0, 0.1) is 0 Å². The fourth-order valence-electron chi connectivity index (χ4n) is 17.5. The summed E-state index contributed by atoms with van der Waals surface area (Å²) in [5.41, 5.74) is 0. The third-order valence-corrected chi connectivity index (χ3v) is 25.6. The molecule has 0 aromatic heterocycles. The van der Waals surface area contributed by atoms with E-state index in [0.717, 1.165) is 0 Å². The van der Waals surface area contributed by atoms with E-state index in [0.29, 0.717) is 0 Å². The highest BCUT2D eigenvalue weighted by Gasteiger charge is 2.04. The Bertz CT molecular complexity index is 1230. The molecule has 0 fully saturated rings. The van der Waals surface area contributed by atoms with Gasteiger partial charge in [-0.1, -0.05) is 581 Å². The Morgan fingerprint density at radius 1 is 0.104 bits per heavy atom. The Hall–Kier alpha value is -0.175. The Labute approximate surface area is 731 Å². The van der Waals surface area contributed by atoms with E-state index in [9.17, 15) is 0 Å². The van der Waals surface area contributed by atoms with Gasteiger partial charge in [0.2, 0.25) is 0 Å². The van der Waals surface area contributed by atoms with Crippen LogP contribution in [0.2, 0.25) is 0 Å². The number of hydrogen-bond donors (Lipinski definition) is 3. The molecule has 0 aromatic rings. The maximum Gasteiger partial charge on any atom is 0.0755 e.